The second-order valence-corrected chi connectivity index (χ2v) is 8.48. The lowest BCUT2D eigenvalue weighted by molar-refractivity contribution is 0.365. The first-order chi connectivity index (χ1) is 16.3. The molecule has 2 aromatic heterocycles. The Morgan fingerprint density at radius 2 is 1.82 bits per heavy atom. The lowest BCUT2D eigenvalue weighted by Crippen LogP contribution is -2.33. The first-order valence-corrected chi connectivity index (χ1v) is 10.8. The van der Waals surface area contributed by atoms with E-state index in [9.17, 15) is 8.78 Å². The van der Waals surface area contributed by atoms with Crippen LogP contribution in [0.2, 0.25) is 0 Å². The van der Waals surface area contributed by atoms with Crippen LogP contribution in [-0.4, -0.2) is 19.7 Å². The number of imidazole rings is 1. The monoisotopic (exact) mass is 463 g/mol. The molecule has 1 aliphatic heterocycles. The first kappa shape index (κ1) is 21.8. The van der Waals surface area contributed by atoms with Gasteiger partial charge in [-0.15, -0.1) is 0 Å². The van der Waals surface area contributed by atoms with Gasteiger partial charge in [-0.3, -0.25) is 9.58 Å². The van der Waals surface area contributed by atoms with Gasteiger partial charge < -0.3 is 10.3 Å². The second kappa shape index (κ2) is 8.38. The van der Waals surface area contributed by atoms with Crippen LogP contribution in [0.15, 0.2) is 64.7 Å². The number of fused-ring (bicyclic) bond motifs is 3. The van der Waals surface area contributed by atoms with Crippen molar-refractivity contribution in [3.8, 4) is 17.2 Å². The highest BCUT2D eigenvalue weighted by molar-refractivity contribution is 5.70. The number of halogens is 2. The van der Waals surface area contributed by atoms with Crippen LogP contribution >= 0.6 is 0 Å². The van der Waals surface area contributed by atoms with Gasteiger partial charge in [0.25, 0.3) is 0 Å². The van der Waals surface area contributed by atoms with E-state index in [4.69, 9.17) is 16.1 Å². The van der Waals surface area contributed by atoms with E-state index in [1.807, 2.05) is 13.8 Å². The number of nitrogens with zero attached hydrogens (tertiary/aromatic N) is 5. The van der Waals surface area contributed by atoms with Gasteiger partial charge in [-0.25, -0.2) is 19.6 Å². The molecule has 0 unspecified atom stereocenters. The average Bonchev–Trinajstić information content (AvgIpc) is 3.43. The zero-order chi connectivity index (χ0) is 24.0. The lowest BCUT2D eigenvalue weighted by Gasteiger charge is -2.23. The normalized spacial score (nSPS) is 14.7. The van der Waals surface area contributed by atoms with E-state index in [1.54, 1.807) is 29.1 Å². The highest BCUT2D eigenvalue weighted by atomic mass is 19.1. The van der Waals surface area contributed by atoms with Crippen molar-refractivity contribution in [1.29, 1.82) is 0 Å². The highest BCUT2D eigenvalue weighted by Gasteiger charge is 2.29. The molecule has 4 aromatic rings. The Balaban J connectivity index is 1.66. The van der Waals surface area contributed by atoms with Gasteiger partial charge in [0.15, 0.2) is 0 Å². The Morgan fingerprint density at radius 3 is 2.53 bits per heavy atom. The topological polar surface area (TPSA) is 112 Å². The molecule has 0 aliphatic carbocycles. The number of aromatic nitrogens is 4. The number of benzene rings is 2. The van der Waals surface area contributed by atoms with Crippen LogP contribution in [-0.2, 0) is 12.8 Å². The fourth-order valence-electron chi connectivity index (χ4n) is 3.98. The molecule has 0 saturated carbocycles. The molecule has 0 atom stereocenters. The maximum absolute atomic E-state index is 14.2. The molecule has 0 saturated heterocycles. The van der Waals surface area contributed by atoms with Crippen LogP contribution in [0.5, 0.6) is 0 Å². The maximum atomic E-state index is 14.2. The summed E-state index contributed by atoms with van der Waals surface area (Å²) >= 11 is 0. The fraction of sp³-hybridized carbons (Fsp3) is 0.208. The number of hydrazine groups is 1. The molecule has 34 heavy (non-hydrogen) atoms. The Morgan fingerprint density at radius 1 is 1.09 bits per heavy atom. The van der Waals surface area contributed by atoms with Crippen LogP contribution in [0, 0.1) is 11.6 Å². The molecule has 0 spiro atoms. The standard InChI is InChI=1S/C24H23F2N7O/c1-13(2)24-30-23(31-34-24)22-21-11-19(17(27)9-14-3-5-15(25)6-4-14)33(28)18-8-7-16(26)10-20(18)32(21)12-29-22/h3-8,10,12-13H,9,11,27-28H2,1-2H3/b19-17-. The van der Waals surface area contributed by atoms with Crippen LogP contribution in [0.3, 0.4) is 0 Å². The van der Waals surface area contributed by atoms with Gasteiger partial charge in [0.1, 0.15) is 23.7 Å². The van der Waals surface area contributed by atoms with Gasteiger partial charge in [0, 0.05) is 30.5 Å². The van der Waals surface area contributed by atoms with Gasteiger partial charge in [-0.2, -0.15) is 4.98 Å². The van der Waals surface area contributed by atoms with Gasteiger partial charge in [0.2, 0.25) is 11.7 Å². The predicted molar refractivity (Wildman–Crippen MR) is 123 cm³/mol. The van der Waals surface area contributed by atoms with Crippen molar-refractivity contribution in [2.75, 3.05) is 5.01 Å². The first-order valence-electron chi connectivity index (χ1n) is 10.8. The third-order valence-corrected chi connectivity index (χ3v) is 5.77. The summed E-state index contributed by atoms with van der Waals surface area (Å²) in [5.74, 6) is 6.66. The highest BCUT2D eigenvalue weighted by Crippen LogP contribution is 2.36. The van der Waals surface area contributed by atoms with Gasteiger partial charge in [0.05, 0.1) is 22.8 Å². The molecule has 8 nitrogen and oxygen atoms in total. The minimum Gasteiger partial charge on any atom is -0.400 e. The molecule has 5 rings (SSSR count). The summed E-state index contributed by atoms with van der Waals surface area (Å²) < 4.78 is 34.7. The number of rotatable bonds is 4. The minimum atomic E-state index is -0.415. The molecule has 2 aromatic carbocycles. The van der Waals surface area contributed by atoms with Crippen molar-refractivity contribution in [3.05, 3.63) is 89.0 Å². The van der Waals surface area contributed by atoms with Crippen LogP contribution in [0.4, 0.5) is 14.5 Å². The summed E-state index contributed by atoms with van der Waals surface area (Å²) in [4.78, 5) is 8.99. The number of anilines is 1. The molecule has 3 heterocycles. The third-order valence-electron chi connectivity index (χ3n) is 5.77. The number of nitrogens with two attached hydrogens (primary N) is 2. The second-order valence-electron chi connectivity index (χ2n) is 8.48. The molecule has 10 heteroatoms. The molecular weight excluding hydrogens is 440 g/mol. The van der Waals surface area contributed by atoms with E-state index in [0.717, 1.165) is 5.56 Å². The van der Waals surface area contributed by atoms with Gasteiger partial charge in [-0.05, 0) is 29.8 Å². The molecule has 1 aliphatic rings. The van der Waals surface area contributed by atoms with Crippen molar-refractivity contribution in [2.24, 2.45) is 11.6 Å². The van der Waals surface area contributed by atoms with Crippen molar-refractivity contribution in [3.63, 3.8) is 0 Å². The van der Waals surface area contributed by atoms with Crippen molar-refractivity contribution >= 4 is 5.69 Å². The number of hydrogen-bond acceptors (Lipinski definition) is 7. The summed E-state index contributed by atoms with van der Waals surface area (Å²) in [6, 6.07) is 10.4. The zero-order valence-electron chi connectivity index (χ0n) is 18.7. The lowest BCUT2D eigenvalue weighted by atomic mass is 10.1. The number of hydrogen-bond donors (Lipinski definition) is 2. The van der Waals surface area contributed by atoms with E-state index in [1.165, 1.54) is 29.3 Å². The zero-order valence-corrected chi connectivity index (χ0v) is 18.7. The fourth-order valence-corrected chi connectivity index (χ4v) is 3.98. The summed E-state index contributed by atoms with van der Waals surface area (Å²) in [7, 11) is 0. The van der Waals surface area contributed by atoms with Crippen LogP contribution < -0.4 is 16.6 Å². The Bertz CT molecular complexity index is 1390. The maximum Gasteiger partial charge on any atom is 0.229 e. The molecular formula is C24H23F2N7O. The van der Waals surface area contributed by atoms with E-state index < -0.39 is 5.82 Å². The molecule has 0 fully saturated rings. The Kier molecular flexibility index (Phi) is 5.37. The Labute approximate surface area is 194 Å². The summed E-state index contributed by atoms with van der Waals surface area (Å²) in [5, 5.41) is 5.55. The summed E-state index contributed by atoms with van der Waals surface area (Å²) in [5.41, 5.74) is 10.7. The Hall–Kier alpha value is -4.05. The van der Waals surface area contributed by atoms with Gasteiger partial charge >= 0.3 is 0 Å². The molecule has 0 bridgehead atoms. The average molecular weight is 463 g/mol. The van der Waals surface area contributed by atoms with E-state index in [2.05, 4.69) is 15.1 Å². The third kappa shape index (κ3) is 3.81. The molecule has 174 valence electrons. The molecule has 4 N–H and O–H groups in total. The van der Waals surface area contributed by atoms with E-state index in [0.29, 0.717) is 52.3 Å². The van der Waals surface area contributed by atoms with Crippen LogP contribution in [0.25, 0.3) is 17.2 Å². The van der Waals surface area contributed by atoms with Crippen molar-refractivity contribution < 1.29 is 13.3 Å². The smallest absolute Gasteiger partial charge is 0.229 e. The van der Waals surface area contributed by atoms with Crippen LogP contribution in [0.1, 0.15) is 36.9 Å². The number of allylic oxidation sites excluding steroid dienone is 2. The largest absolute Gasteiger partial charge is 0.400 e. The SMILES string of the molecule is CC(C)c1nc(-c2ncn3c2C/C(=C(/N)Cc2ccc(F)cc2)N(N)c2ccc(F)cc2-3)no1. The minimum absolute atomic E-state index is 0.0543. The van der Waals surface area contributed by atoms with Crippen molar-refractivity contribution in [2.45, 2.75) is 32.6 Å². The predicted octanol–water partition coefficient (Wildman–Crippen LogP) is 3.97. The summed E-state index contributed by atoms with van der Waals surface area (Å²) in [6.45, 7) is 3.90. The quantitative estimate of drug-likeness (QED) is 0.440. The van der Waals surface area contributed by atoms with Gasteiger partial charge in [-0.1, -0.05) is 31.1 Å². The molecule has 0 radical (unpaired) electrons. The molecule has 0 amide bonds. The van der Waals surface area contributed by atoms with E-state index >= 15 is 0 Å². The van der Waals surface area contributed by atoms with Crippen molar-refractivity contribution in [1.82, 2.24) is 19.7 Å². The summed E-state index contributed by atoms with van der Waals surface area (Å²) in [6.07, 6.45) is 2.21. The van der Waals surface area contributed by atoms with E-state index in [-0.39, 0.29) is 18.2 Å².